The van der Waals surface area contributed by atoms with E-state index in [0.29, 0.717) is 44.3 Å². The van der Waals surface area contributed by atoms with Gasteiger partial charge in [-0.25, -0.2) is 4.79 Å². The fraction of sp³-hybridized carbons (Fsp3) is 0.513. The monoisotopic (exact) mass is 706 g/mol. The molecule has 0 saturated carbocycles. The Kier molecular flexibility index (Phi) is 9.82. The van der Waals surface area contributed by atoms with Crippen molar-refractivity contribution in [2.24, 2.45) is 7.05 Å². The Labute approximate surface area is 303 Å². The number of fused-ring (bicyclic) bond motifs is 2. The molecule has 0 bridgehead atoms. The van der Waals surface area contributed by atoms with Gasteiger partial charge in [-0.05, 0) is 106 Å². The highest BCUT2D eigenvalue weighted by atomic mass is 16.3. The molecule has 274 valence electrons. The zero-order valence-electron chi connectivity index (χ0n) is 30.2. The van der Waals surface area contributed by atoms with Crippen molar-refractivity contribution in [3.63, 3.8) is 0 Å². The van der Waals surface area contributed by atoms with Gasteiger partial charge in [-0.2, -0.15) is 5.10 Å². The number of aryl methyl sites for hydroxylation is 2. The van der Waals surface area contributed by atoms with Crippen LogP contribution in [0, 0.1) is 6.92 Å². The summed E-state index contributed by atoms with van der Waals surface area (Å²) in [5.74, 6) is 1.62. The third kappa shape index (κ3) is 7.09. The van der Waals surface area contributed by atoms with Gasteiger partial charge in [-0.15, -0.1) is 10.2 Å². The highest BCUT2D eigenvalue weighted by Gasteiger charge is 2.35. The minimum Gasteiger partial charge on any atom is -0.376 e. The molecule has 2 amide bonds. The largest absolute Gasteiger partial charge is 0.376 e. The second-order valence-electron chi connectivity index (χ2n) is 15.2. The molecule has 4 N–H and O–H groups in total. The van der Waals surface area contributed by atoms with Gasteiger partial charge < -0.3 is 29.8 Å². The molecule has 0 aliphatic carbocycles. The van der Waals surface area contributed by atoms with E-state index in [4.69, 9.17) is 0 Å². The van der Waals surface area contributed by atoms with Crippen LogP contribution in [-0.4, -0.2) is 113 Å². The number of aromatic nitrogens is 6. The quantitative estimate of drug-likeness (QED) is 0.189. The van der Waals surface area contributed by atoms with Gasteiger partial charge in [0.05, 0.1) is 17.8 Å². The number of piperidine rings is 3. The van der Waals surface area contributed by atoms with Gasteiger partial charge in [0.1, 0.15) is 18.4 Å². The van der Waals surface area contributed by atoms with Crippen LogP contribution >= 0.6 is 0 Å². The Morgan fingerprint density at radius 1 is 0.962 bits per heavy atom. The number of benzene rings is 2. The Bertz CT molecular complexity index is 2070. The summed E-state index contributed by atoms with van der Waals surface area (Å²) in [6.07, 6.45) is 8.81. The first-order valence-electron chi connectivity index (χ1n) is 18.9. The molecule has 1 unspecified atom stereocenters. The fourth-order valence-electron chi connectivity index (χ4n) is 8.98. The molecule has 52 heavy (non-hydrogen) atoms. The molecule has 0 radical (unpaired) electrons. The van der Waals surface area contributed by atoms with E-state index in [1.165, 1.54) is 0 Å². The van der Waals surface area contributed by atoms with Crippen molar-refractivity contribution in [3.05, 3.63) is 87.9 Å². The first-order chi connectivity index (χ1) is 25.3. The van der Waals surface area contributed by atoms with Gasteiger partial charge in [0.2, 0.25) is 0 Å². The summed E-state index contributed by atoms with van der Waals surface area (Å²) >= 11 is 0. The average Bonchev–Trinajstić information content (AvgIpc) is 3.83. The maximum atomic E-state index is 13.9. The summed E-state index contributed by atoms with van der Waals surface area (Å²) in [7, 11) is 2.02. The zero-order chi connectivity index (χ0) is 35.8. The summed E-state index contributed by atoms with van der Waals surface area (Å²) in [5.41, 5.74) is 4.70. The van der Waals surface area contributed by atoms with Crippen LogP contribution in [-0.2, 0) is 13.5 Å². The number of para-hydroxylation sites is 1. The number of urea groups is 1. The smallest absolute Gasteiger partial charge is 0.317 e. The van der Waals surface area contributed by atoms with E-state index in [1.807, 2.05) is 53.0 Å². The maximum absolute atomic E-state index is 13.9. The predicted molar refractivity (Wildman–Crippen MR) is 200 cm³/mol. The lowest BCUT2D eigenvalue weighted by atomic mass is 9.89. The number of pyridine rings is 1. The van der Waals surface area contributed by atoms with Gasteiger partial charge in [0, 0.05) is 61.7 Å². The average molecular weight is 707 g/mol. The number of likely N-dealkylation sites (tertiary alicyclic amines) is 3. The molecule has 0 spiro atoms. The highest BCUT2D eigenvalue weighted by Crippen LogP contribution is 2.31. The van der Waals surface area contributed by atoms with Crippen LogP contribution in [0.4, 0.5) is 4.79 Å². The topological polar surface area (TPSA) is 151 Å². The molecular formula is C39H50N10O3. The number of aliphatic hydroxyl groups is 1. The molecule has 5 aromatic rings. The number of nitrogens with one attached hydrogen (secondary N) is 3. The standard InChI is InChI=1S/C39H50N10O3/c1-25-19-26(20-30-23-40-44-35(25)30)21-34(38(51)48-17-11-31(12-18-48)47-13-9-28(10-14-47)36-45-41-24-46(36)2)43-39(52)49-15-7-27(8-16-49)32-22-29-5-3-4-6-33(29)42-37(32)50/h3-6,19-20,22-24,27-28,31,34,38,51H,7-18,21H2,1-2H3,(H,40,44)(H,42,50)(H,43,52)/t34-,38?/m1/s1. The van der Waals surface area contributed by atoms with Crippen LogP contribution in [0.3, 0.4) is 0 Å². The van der Waals surface area contributed by atoms with Crippen molar-refractivity contribution in [1.82, 2.24) is 50.0 Å². The van der Waals surface area contributed by atoms with Crippen molar-refractivity contribution >= 4 is 27.8 Å². The van der Waals surface area contributed by atoms with E-state index in [9.17, 15) is 14.7 Å². The second-order valence-corrected chi connectivity index (χ2v) is 15.2. The predicted octanol–water partition coefficient (Wildman–Crippen LogP) is 4.00. The second kappa shape index (κ2) is 14.8. The third-order valence-corrected chi connectivity index (χ3v) is 12.0. The summed E-state index contributed by atoms with van der Waals surface area (Å²) in [6, 6.07) is 13.9. The Hall–Kier alpha value is -4.59. The number of rotatable bonds is 8. The van der Waals surface area contributed by atoms with Crippen molar-refractivity contribution in [2.45, 2.75) is 82.0 Å². The highest BCUT2D eigenvalue weighted by molar-refractivity contribution is 5.82. The lowest BCUT2D eigenvalue weighted by Crippen LogP contribution is -2.58. The van der Waals surface area contributed by atoms with Crippen LogP contribution < -0.4 is 10.9 Å². The van der Waals surface area contributed by atoms with Crippen molar-refractivity contribution in [2.75, 3.05) is 39.3 Å². The number of aliphatic hydroxyl groups excluding tert-OH is 1. The molecule has 8 rings (SSSR count). The van der Waals surface area contributed by atoms with Crippen molar-refractivity contribution in [1.29, 1.82) is 0 Å². The zero-order valence-corrected chi connectivity index (χ0v) is 30.2. The van der Waals surface area contributed by atoms with Crippen LogP contribution in [0.15, 0.2) is 59.8 Å². The first kappa shape index (κ1) is 34.5. The van der Waals surface area contributed by atoms with Gasteiger partial charge in [-0.3, -0.25) is 14.8 Å². The van der Waals surface area contributed by atoms with Gasteiger partial charge in [0.25, 0.3) is 5.56 Å². The van der Waals surface area contributed by atoms with E-state index in [2.05, 4.69) is 59.6 Å². The Balaban J connectivity index is 0.916. The first-order valence-corrected chi connectivity index (χ1v) is 18.9. The molecular weight excluding hydrogens is 656 g/mol. The summed E-state index contributed by atoms with van der Waals surface area (Å²) in [4.78, 5) is 36.5. The molecule has 13 heteroatoms. The van der Waals surface area contributed by atoms with Gasteiger partial charge in [-0.1, -0.05) is 24.3 Å². The SMILES string of the molecule is Cc1cc(C[C@@H](NC(=O)N2CCC(c3cc4ccccc4[nH]c3=O)CC2)C(O)N2CCC(N3CCC(c4nncn4C)CC3)CC2)cc2cn[nH]c12. The van der Waals surface area contributed by atoms with E-state index < -0.39 is 12.3 Å². The normalized spacial score (nSPS) is 20.1. The molecule has 3 aromatic heterocycles. The van der Waals surface area contributed by atoms with Crippen LogP contribution in [0.2, 0.25) is 0 Å². The van der Waals surface area contributed by atoms with E-state index >= 15 is 0 Å². The van der Waals surface area contributed by atoms with Crippen LogP contribution in [0.5, 0.6) is 0 Å². The minimum atomic E-state index is -0.833. The molecule has 6 heterocycles. The van der Waals surface area contributed by atoms with E-state index in [-0.39, 0.29) is 17.5 Å². The lowest BCUT2D eigenvalue weighted by molar-refractivity contribution is -0.0466. The number of carbonyl (C=O) groups is 1. The number of aromatic amines is 2. The van der Waals surface area contributed by atoms with Crippen molar-refractivity contribution in [3.8, 4) is 0 Å². The molecule has 2 aromatic carbocycles. The molecule has 3 saturated heterocycles. The molecule has 13 nitrogen and oxygen atoms in total. The van der Waals surface area contributed by atoms with E-state index in [1.54, 1.807) is 6.33 Å². The van der Waals surface area contributed by atoms with Gasteiger partial charge >= 0.3 is 6.03 Å². The maximum Gasteiger partial charge on any atom is 0.317 e. The number of carbonyl (C=O) groups excluding carboxylic acids is 1. The number of hydrogen-bond donors (Lipinski definition) is 4. The summed E-state index contributed by atoms with van der Waals surface area (Å²) < 4.78 is 2.04. The number of H-pyrrole nitrogens is 2. The van der Waals surface area contributed by atoms with Crippen LogP contribution in [0.1, 0.15) is 72.9 Å². The van der Waals surface area contributed by atoms with Crippen LogP contribution in [0.25, 0.3) is 21.8 Å². The van der Waals surface area contributed by atoms with Gasteiger partial charge in [0.15, 0.2) is 0 Å². The summed E-state index contributed by atoms with van der Waals surface area (Å²) in [5, 5.41) is 33.0. The number of amides is 2. The Morgan fingerprint density at radius 3 is 2.46 bits per heavy atom. The summed E-state index contributed by atoms with van der Waals surface area (Å²) in [6.45, 7) is 6.78. The molecule has 3 aliphatic heterocycles. The molecule has 3 fully saturated rings. The number of hydrogen-bond acceptors (Lipinski definition) is 8. The number of nitrogens with zero attached hydrogens (tertiary/aromatic N) is 7. The Morgan fingerprint density at radius 2 is 1.71 bits per heavy atom. The fourth-order valence-corrected chi connectivity index (χ4v) is 8.98. The lowest BCUT2D eigenvalue weighted by Gasteiger charge is -2.44. The van der Waals surface area contributed by atoms with Crippen molar-refractivity contribution < 1.29 is 9.90 Å². The minimum absolute atomic E-state index is 0.0510. The van der Waals surface area contributed by atoms with E-state index in [0.717, 1.165) is 96.2 Å². The molecule has 2 atom stereocenters. The third-order valence-electron chi connectivity index (χ3n) is 12.0. The molecule has 3 aliphatic rings.